The fourth-order valence-corrected chi connectivity index (χ4v) is 5.85. The zero-order valence-electron chi connectivity index (χ0n) is 25.4. The number of morpholine rings is 1. The van der Waals surface area contributed by atoms with Crippen LogP contribution in [0, 0.1) is 0 Å². The molecule has 0 aliphatic carbocycles. The van der Waals surface area contributed by atoms with Crippen LogP contribution in [0.1, 0.15) is 46.6 Å². The van der Waals surface area contributed by atoms with Crippen molar-refractivity contribution in [2.45, 2.75) is 44.6 Å². The van der Waals surface area contributed by atoms with E-state index in [1.807, 2.05) is 72.8 Å². The predicted octanol–water partition coefficient (Wildman–Crippen LogP) is 5.72. The maximum Gasteiger partial charge on any atom is 0.315 e. The van der Waals surface area contributed by atoms with Crippen molar-refractivity contribution in [2.24, 2.45) is 0 Å². The van der Waals surface area contributed by atoms with E-state index >= 15 is 0 Å². The van der Waals surface area contributed by atoms with Gasteiger partial charge in [-0.15, -0.1) is 0 Å². The summed E-state index contributed by atoms with van der Waals surface area (Å²) in [6.45, 7) is 5.02. The Morgan fingerprint density at radius 3 is 2.18 bits per heavy atom. The second-order valence-corrected chi connectivity index (χ2v) is 11.6. The van der Waals surface area contributed by atoms with Crippen LogP contribution in [0.4, 0.5) is 4.79 Å². The van der Waals surface area contributed by atoms with Crippen molar-refractivity contribution < 1.29 is 24.1 Å². The molecule has 3 N–H and O–H groups in total. The first kappa shape index (κ1) is 31.0. The van der Waals surface area contributed by atoms with Crippen LogP contribution in [0.15, 0.2) is 103 Å². The number of benzene rings is 4. The minimum Gasteiger partial charge on any atom is -0.392 e. The van der Waals surface area contributed by atoms with Crippen LogP contribution in [-0.4, -0.2) is 55.0 Å². The van der Waals surface area contributed by atoms with Gasteiger partial charge in [-0.2, -0.15) is 0 Å². The molecule has 2 aliphatic heterocycles. The Bertz CT molecular complexity index is 1520. The monoisotopic (exact) mass is 607 g/mol. The fraction of sp³-hybridized carbons (Fsp3) is 0.324. The van der Waals surface area contributed by atoms with E-state index < -0.39 is 6.29 Å². The molecule has 0 aromatic heterocycles. The van der Waals surface area contributed by atoms with Crippen LogP contribution in [-0.2, 0) is 33.9 Å². The summed E-state index contributed by atoms with van der Waals surface area (Å²) in [7, 11) is 0. The van der Waals surface area contributed by atoms with Crippen molar-refractivity contribution >= 4 is 6.03 Å². The maximum absolute atomic E-state index is 12.4. The third-order valence-electron chi connectivity index (χ3n) is 8.35. The summed E-state index contributed by atoms with van der Waals surface area (Å²) in [5.41, 5.74) is 7.09. The Morgan fingerprint density at radius 1 is 0.733 bits per heavy atom. The number of urea groups is 1. The van der Waals surface area contributed by atoms with E-state index in [0.29, 0.717) is 13.1 Å². The average molecular weight is 608 g/mol. The van der Waals surface area contributed by atoms with Crippen molar-refractivity contribution in [3.8, 4) is 11.1 Å². The Kier molecular flexibility index (Phi) is 10.5. The molecule has 0 bridgehead atoms. The second kappa shape index (κ2) is 15.3. The van der Waals surface area contributed by atoms with Crippen molar-refractivity contribution in [1.29, 1.82) is 0 Å². The van der Waals surface area contributed by atoms with Gasteiger partial charge in [-0.1, -0.05) is 91.0 Å². The summed E-state index contributed by atoms with van der Waals surface area (Å²) in [4.78, 5) is 14.8. The largest absolute Gasteiger partial charge is 0.392 e. The molecule has 0 spiro atoms. The van der Waals surface area contributed by atoms with Crippen molar-refractivity contribution in [1.82, 2.24) is 15.5 Å². The van der Waals surface area contributed by atoms with Crippen molar-refractivity contribution in [2.75, 3.05) is 32.8 Å². The summed E-state index contributed by atoms with van der Waals surface area (Å²) in [5.74, 6) is 0. The molecule has 6 rings (SSSR count). The highest BCUT2D eigenvalue weighted by molar-refractivity contribution is 5.74. The molecule has 0 radical (unpaired) electrons. The number of hydrogen-bond donors (Lipinski definition) is 3. The highest BCUT2D eigenvalue weighted by atomic mass is 16.7. The molecule has 2 saturated heterocycles. The number of aliphatic hydroxyl groups excluding tert-OH is 1. The summed E-state index contributed by atoms with van der Waals surface area (Å²) < 4.78 is 18.8. The molecule has 45 heavy (non-hydrogen) atoms. The molecule has 8 nitrogen and oxygen atoms in total. The number of hydrogen-bond acceptors (Lipinski definition) is 6. The van der Waals surface area contributed by atoms with Gasteiger partial charge in [0, 0.05) is 44.7 Å². The minimum atomic E-state index is -0.523. The Hall–Kier alpha value is -4.05. The number of nitrogens with zero attached hydrogens (tertiary/aromatic N) is 1. The van der Waals surface area contributed by atoms with E-state index in [9.17, 15) is 9.90 Å². The van der Waals surface area contributed by atoms with E-state index in [1.54, 1.807) is 0 Å². The molecule has 2 heterocycles. The van der Waals surface area contributed by atoms with Gasteiger partial charge in [0.25, 0.3) is 0 Å². The molecule has 0 saturated carbocycles. The number of aliphatic hydroxyl groups is 1. The third-order valence-corrected chi connectivity index (χ3v) is 8.35. The standard InChI is InChI=1S/C37H41N3O5/c41-26-28-12-14-30(15-13-28)35-22-34(25-40-16-18-43-19-17-40)44-36(45-35)33-11-5-10-32(21-33)31-9-4-8-29(20-31)24-39-37(42)38-23-27-6-2-1-3-7-27/h1-15,20-21,34-36,41H,16-19,22-26H2,(H2,38,39,42). The molecule has 2 aliphatic rings. The van der Waals surface area contributed by atoms with E-state index in [-0.39, 0.29) is 24.8 Å². The molecule has 2 amide bonds. The van der Waals surface area contributed by atoms with E-state index in [1.165, 1.54) is 0 Å². The van der Waals surface area contributed by atoms with Crippen LogP contribution < -0.4 is 10.6 Å². The van der Waals surface area contributed by atoms with Crippen LogP contribution in [0.5, 0.6) is 0 Å². The van der Waals surface area contributed by atoms with Crippen molar-refractivity contribution in [3.63, 3.8) is 0 Å². The molecular weight excluding hydrogens is 566 g/mol. The molecule has 8 heteroatoms. The van der Waals surface area contributed by atoms with Gasteiger partial charge in [0.2, 0.25) is 0 Å². The van der Waals surface area contributed by atoms with Gasteiger partial charge in [-0.3, -0.25) is 4.90 Å². The topological polar surface area (TPSA) is 92.3 Å². The molecular formula is C37H41N3O5. The van der Waals surface area contributed by atoms with Gasteiger partial charge in [0.05, 0.1) is 32.0 Å². The van der Waals surface area contributed by atoms with Crippen LogP contribution in [0.25, 0.3) is 11.1 Å². The third kappa shape index (κ3) is 8.57. The Morgan fingerprint density at radius 2 is 1.42 bits per heavy atom. The predicted molar refractivity (Wildman–Crippen MR) is 173 cm³/mol. The maximum atomic E-state index is 12.4. The number of amides is 2. The molecule has 4 aromatic rings. The zero-order chi connectivity index (χ0) is 30.8. The number of nitrogens with one attached hydrogen (secondary N) is 2. The lowest BCUT2D eigenvalue weighted by Crippen LogP contribution is -2.44. The molecule has 234 valence electrons. The normalized spacial score (nSPS) is 20.4. The van der Waals surface area contributed by atoms with E-state index in [2.05, 4.69) is 45.9 Å². The summed E-state index contributed by atoms with van der Waals surface area (Å²) in [6, 6.07) is 34.2. The smallest absolute Gasteiger partial charge is 0.315 e. The average Bonchev–Trinajstić information content (AvgIpc) is 3.11. The SMILES string of the molecule is O=C(NCc1ccccc1)NCc1cccc(-c2cccc(C3OC(CN4CCOCC4)CC(c4ccc(CO)cc4)O3)c2)c1. The summed E-state index contributed by atoms with van der Waals surface area (Å²) in [5, 5.41) is 15.4. The van der Waals surface area contributed by atoms with Gasteiger partial charge in [-0.05, 0) is 45.5 Å². The van der Waals surface area contributed by atoms with Gasteiger partial charge in [0.15, 0.2) is 6.29 Å². The fourth-order valence-electron chi connectivity index (χ4n) is 5.85. The van der Waals surface area contributed by atoms with Gasteiger partial charge in [0.1, 0.15) is 0 Å². The number of carbonyl (C=O) groups excluding carboxylic acids is 1. The first-order valence-corrected chi connectivity index (χ1v) is 15.7. The van der Waals surface area contributed by atoms with Crippen LogP contribution >= 0.6 is 0 Å². The highest BCUT2D eigenvalue weighted by Crippen LogP contribution is 2.39. The first-order valence-electron chi connectivity index (χ1n) is 15.7. The quantitative estimate of drug-likeness (QED) is 0.214. The van der Waals surface area contributed by atoms with Gasteiger partial charge in [-0.25, -0.2) is 4.79 Å². The van der Waals surface area contributed by atoms with Gasteiger partial charge >= 0.3 is 6.03 Å². The molecule has 2 fully saturated rings. The molecule has 3 atom stereocenters. The number of ether oxygens (including phenoxy) is 3. The van der Waals surface area contributed by atoms with E-state index in [4.69, 9.17) is 14.2 Å². The lowest BCUT2D eigenvalue weighted by molar-refractivity contribution is -0.253. The van der Waals surface area contributed by atoms with E-state index in [0.717, 1.165) is 78.2 Å². The minimum absolute atomic E-state index is 0.00420. The van der Waals surface area contributed by atoms with Crippen molar-refractivity contribution in [3.05, 3.63) is 131 Å². The molecule has 3 unspecified atom stereocenters. The highest BCUT2D eigenvalue weighted by Gasteiger charge is 2.33. The summed E-state index contributed by atoms with van der Waals surface area (Å²) >= 11 is 0. The first-order chi connectivity index (χ1) is 22.1. The lowest BCUT2D eigenvalue weighted by Gasteiger charge is -2.39. The number of carbonyl (C=O) groups is 1. The van der Waals surface area contributed by atoms with Crippen LogP contribution in [0.2, 0.25) is 0 Å². The second-order valence-electron chi connectivity index (χ2n) is 11.6. The van der Waals surface area contributed by atoms with Crippen LogP contribution in [0.3, 0.4) is 0 Å². The Labute approximate surface area is 264 Å². The molecule has 4 aromatic carbocycles. The summed E-state index contributed by atoms with van der Waals surface area (Å²) in [6.07, 6.45) is 0.0921. The Balaban J connectivity index is 1.14. The van der Waals surface area contributed by atoms with Gasteiger partial charge < -0.3 is 30.0 Å². The zero-order valence-corrected chi connectivity index (χ0v) is 25.4. The lowest BCUT2D eigenvalue weighted by atomic mass is 9.98. The number of rotatable bonds is 10.